The molecule has 1 heterocycles. The van der Waals surface area contributed by atoms with Crippen molar-refractivity contribution in [3.8, 4) is 0 Å². The Bertz CT molecular complexity index is 1070. The van der Waals surface area contributed by atoms with E-state index in [1.165, 1.54) is 5.56 Å². The van der Waals surface area contributed by atoms with Crippen molar-refractivity contribution in [3.63, 3.8) is 0 Å². The fraction of sp³-hybridized carbons (Fsp3) is 0.393. The van der Waals surface area contributed by atoms with Crippen LogP contribution in [0.3, 0.4) is 0 Å². The highest BCUT2D eigenvalue weighted by molar-refractivity contribution is 5.96. The lowest BCUT2D eigenvalue weighted by atomic mass is 10.1. The Kier molecular flexibility index (Phi) is 13.8. The Labute approximate surface area is 219 Å². The van der Waals surface area contributed by atoms with E-state index in [0.717, 1.165) is 43.4 Å². The van der Waals surface area contributed by atoms with Crippen LogP contribution in [0.25, 0.3) is 10.9 Å². The number of benzene rings is 2. The molecule has 0 spiro atoms. The molecule has 9 nitrogen and oxygen atoms in total. The fourth-order valence-corrected chi connectivity index (χ4v) is 3.72. The lowest BCUT2D eigenvalue weighted by molar-refractivity contribution is -0.125. The van der Waals surface area contributed by atoms with Gasteiger partial charge in [-0.1, -0.05) is 55.5 Å². The Balaban J connectivity index is 0.000000510. The summed E-state index contributed by atoms with van der Waals surface area (Å²) in [6, 6.07) is 19.2. The van der Waals surface area contributed by atoms with Gasteiger partial charge in [-0.3, -0.25) is 14.6 Å². The molecule has 0 aliphatic carbocycles. The minimum atomic E-state index is -0.664. The normalized spacial score (nSPS) is 11.5. The van der Waals surface area contributed by atoms with E-state index in [2.05, 4.69) is 51.7 Å². The van der Waals surface area contributed by atoms with Crippen LogP contribution in [-0.4, -0.2) is 67.0 Å². The number of rotatable bonds is 13. The Hall–Kier alpha value is -3.37. The lowest BCUT2D eigenvalue weighted by Crippen LogP contribution is -2.44. The number of carbonyl (C=O) groups is 2. The summed E-state index contributed by atoms with van der Waals surface area (Å²) < 4.78 is 0. The number of amides is 2. The second kappa shape index (κ2) is 17.1. The van der Waals surface area contributed by atoms with Crippen LogP contribution in [0.2, 0.25) is 0 Å². The van der Waals surface area contributed by atoms with Gasteiger partial charge in [-0.15, -0.1) is 0 Å². The van der Waals surface area contributed by atoms with Crippen molar-refractivity contribution < 1.29 is 9.59 Å². The van der Waals surface area contributed by atoms with E-state index in [-0.39, 0.29) is 18.4 Å². The van der Waals surface area contributed by atoms with Gasteiger partial charge in [0.15, 0.2) is 0 Å². The maximum Gasteiger partial charge on any atom is 0.243 e. The van der Waals surface area contributed by atoms with Crippen molar-refractivity contribution in [2.75, 3.05) is 44.6 Å². The first-order valence-corrected chi connectivity index (χ1v) is 12.8. The third kappa shape index (κ3) is 11.5. The molecule has 2 aromatic carbocycles. The van der Waals surface area contributed by atoms with Gasteiger partial charge in [-0.25, -0.2) is 0 Å². The quantitative estimate of drug-likeness (QED) is 0.237. The second-order valence-corrected chi connectivity index (χ2v) is 8.69. The average molecular weight is 508 g/mol. The summed E-state index contributed by atoms with van der Waals surface area (Å²) >= 11 is 0. The van der Waals surface area contributed by atoms with E-state index >= 15 is 0 Å². The molecule has 9 heteroatoms. The highest BCUT2D eigenvalue weighted by Gasteiger charge is 2.15. The topological polar surface area (TPSA) is 152 Å². The van der Waals surface area contributed by atoms with Crippen LogP contribution in [0.5, 0.6) is 0 Å². The number of nitrogens with zero attached hydrogens (tertiary/aromatic N) is 2. The van der Waals surface area contributed by atoms with E-state index in [1.54, 1.807) is 6.20 Å². The molecule has 3 rings (SSSR count). The fourth-order valence-electron chi connectivity index (χ4n) is 3.72. The molecule has 37 heavy (non-hydrogen) atoms. The van der Waals surface area contributed by atoms with Crippen molar-refractivity contribution >= 4 is 28.4 Å². The molecule has 1 aromatic heterocycles. The van der Waals surface area contributed by atoms with Crippen LogP contribution >= 0.6 is 0 Å². The van der Waals surface area contributed by atoms with Gasteiger partial charge < -0.3 is 32.7 Å². The van der Waals surface area contributed by atoms with Crippen LogP contribution in [0.4, 0.5) is 5.69 Å². The Morgan fingerprint density at radius 3 is 2.30 bits per heavy atom. The third-order valence-electron chi connectivity index (χ3n) is 5.77. The number of pyridine rings is 1. The highest BCUT2D eigenvalue weighted by Crippen LogP contribution is 2.15. The van der Waals surface area contributed by atoms with Gasteiger partial charge in [0.1, 0.15) is 0 Å². The van der Waals surface area contributed by atoms with Gasteiger partial charge in [0, 0.05) is 31.6 Å². The van der Waals surface area contributed by atoms with Crippen molar-refractivity contribution in [1.82, 2.24) is 15.2 Å². The molecule has 0 radical (unpaired) electrons. The first kappa shape index (κ1) is 29.9. The number of para-hydroxylation sites is 1. The predicted octanol–water partition coefficient (Wildman–Crippen LogP) is 1.87. The zero-order chi connectivity index (χ0) is 26.9. The molecule has 3 aromatic rings. The van der Waals surface area contributed by atoms with Crippen LogP contribution in [-0.2, 0) is 16.0 Å². The van der Waals surface area contributed by atoms with E-state index in [4.69, 9.17) is 17.2 Å². The lowest BCUT2D eigenvalue weighted by Gasteiger charge is -2.21. The standard InChI is InChI=1S/C20H31N7O2.C8H10/c21-7-10-27(11-8-22)9-3-5-17(23)20(29)25-14-19(28)26-16-12-15-4-1-2-6-18(15)24-13-16;1-2-8-6-4-3-5-7-8/h1-2,4,6,12-13,17H,3,5,7-11,14,21-23H2,(H,25,29)(H,26,28);3-7H,2H2,1H3. The number of aryl methyl sites for hydroxylation is 1. The average Bonchev–Trinajstić information content (AvgIpc) is 2.92. The molecule has 200 valence electrons. The first-order valence-electron chi connectivity index (χ1n) is 12.8. The number of aromatic nitrogens is 1. The summed E-state index contributed by atoms with van der Waals surface area (Å²) in [6.45, 7) is 5.46. The van der Waals surface area contributed by atoms with Crippen molar-refractivity contribution in [3.05, 3.63) is 72.4 Å². The van der Waals surface area contributed by atoms with Crippen molar-refractivity contribution in [2.24, 2.45) is 17.2 Å². The number of nitrogens with one attached hydrogen (secondary N) is 2. The monoisotopic (exact) mass is 507 g/mol. The molecular formula is C28H41N7O2. The predicted molar refractivity (Wildman–Crippen MR) is 151 cm³/mol. The van der Waals surface area contributed by atoms with Crippen LogP contribution in [0, 0.1) is 0 Å². The summed E-state index contributed by atoms with van der Waals surface area (Å²) in [4.78, 5) is 30.7. The Morgan fingerprint density at radius 2 is 1.65 bits per heavy atom. The molecular weight excluding hydrogens is 466 g/mol. The van der Waals surface area contributed by atoms with Gasteiger partial charge in [0.25, 0.3) is 0 Å². The molecule has 0 saturated carbocycles. The van der Waals surface area contributed by atoms with Gasteiger partial charge in [0.2, 0.25) is 11.8 Å². The number of carbonyl (C=O) groups excluding carboxylic acids is 2. The van der Waals surface area contributed by atoms with Gasteiger partial charge in [0.05, 0.1) is 30.0 Å². The molecule has 1 atom stereocenters. The molecule has 1 unspecified atom stereocenters. The maximum atomic E-state index is 12.1. The summed E-state index contributed by atoms with van der Waals surface area (Å²) in [7, 11) is 0. The van der Waals surface area contributed by atoms with Crippen molar-refractivity contribution in [1.29, 1.82) is 0 Å². The SMILES string of the molecule is CCc1ccccc1.NCCN(CCN)CCCC(N)C(=O)NCC(=O)Nc1cnc2ccccc2c1. The zero-order valence-electron chi connectivity index (χ0n) is 21.7. The van der Waals surface area contributed by atoms with Crippen LogP contribution in [0.1, 0.15) is 25.3 Å². The molecule has 0 saturated heterocycles. The summed E-state index contributed by atoms with van der Waals surface area (Å²) in [5.41, 5.74) is 19.9. The van der Waals surface area contributed by atoms with Gasteiger partial charge in [-0.2, -0.15) is 0 Å². The number of nitrogens with two attached hydrogens (primary N) is 3. The first-order chi connectivity index (χ1) is 18.0. The van der Waals surface area contributed by atoms with Crippen LogP contribution < -0.4 is 27.8 Å². The van der Waals surface area contributed by atoms with E-state index in [0.29, 0.717) is 25.2 Å². The van der Waals surface area contributed by atoms with Crippen molar-refractivity contribution in [2.45, 2.75) is 32.2 Å². The smallest absolute Gasteiger partial charge is 0.243 e. The minimum absolute atomic E-state index is 0.147. The molecule has 0 aliphatic heterocycles. The van der Waals surface area contributed by atoms with Gasteiger partial charge in [-0.05, 0) is 43.5 Å². The van der Waals surface area contributed by atoms with E-state index in [1.807, 2.05) is 36.4 Å². The van der Waals surface area contributed by atoms with E-state index in [9.17, 15) is 9.59 Å². The number of fused-ring (bicyclic) bond motifs is 1. The molecule has 8 N–H and O–H groups in total. The molecule has 0 bridgehead atoms. The zero-order valence-corrected chi connectivity index (χ0v) is 21.7. The third-order valence-corrected chi connectivity index (χ3v) is 5.77. The maximum absolute atomic E-state index is 12.1. The van der Waals surface area contributed by atoms with Gasteiger partial charge >= 0.3 is 0 Å². The Morgan fingerprint density at radius 1 is 0.973 bits per heavy atom. The number of anilines is 1. The largest absolute Gasteiger partial charge is 0.346 e. The summed E-state index contributed by atoms with van der Waals surface area (Å²) in [5, 5.41) is 6.23. The highest BCUT2D eigenvalue weighted by atomic mass is 16.2. The molecule has 0 aliphatic rings. The summed E-state index contributed by atoms with van der Waals surface area (Å²) in [6.07, 6.45) is 4.00. The number of hydrogen-bond acceptors (Lipinski definition) is 7. The molecule has 2 amide bonds. The van der Waals surface area contributed by atoms with E-state index < -0.39 is 6.04 Å². The van der Waals surface area contributed by atoms with Crippen LogP contribution in [0.15, 0.2) is 66.9 Å². The summed E-state index contributed by atoms with van der Waals surface area (Å²) in [5.74, 6) is -0.680. The second-order valence-electron chi connectivity index (χ2n) is 8.69. The minimum Gasteiger partial charge on any atom is -0.346 e. The number of hydrogen-bond donors (Lipinski definition) is 5. The molecule has 0 fully saturated rings.